The minimum atomic E-state index is -0.500. The fourth-order valence-corrected chi connectivity index (χ4v) is 0.471. The molecule has 0 amide bonds. The Morgan fingerprint density at radius 3 is 0.846 bits per heavy atom. The fourth-order valence-electron chi connectivity index (χ4n) is 0.471. The monoisotopic (exact) mass is 378 g/mol. The largest absolute Gasteiger partial charge is 0.393 e. The van der Waals surface area contributed by atoms with Crippen molar-refractivity contribution in [2.24, 2.45) is 29.6 Å². The van der Waals surface area contributed by atoms with Crippen LogP contribution in [0, 0.1) is 29.6 Å². The molecule has 0 bridgehead atoms. The number of aliphatic hydroxyl groups excluding tert-OH is 2. The molecular formula is C23H54O3. The number of aliphatic hydroxyl groups is 3. The van der Waals surface area contributed by atoms with E-state index in [9.17, 15) is 0 Å². The Balaban J connectivity index is -0.000000124. The van der Waals surface area contributed by atoms with E-state index >= 15 is 0 Å². The summed E-state index contributed by atoms with van der Waals surface area (Å²) in [5, 5.41) is 26.7. The Bertz CT molecular complexity index is 237. The van der Waals surface area contributed by atoms with Crippen molar-refractivity contribution in [1.82, 2.24) is 0 Å². The van der Waals surface area contributed by atoms with Gasteiger partial charge in [-0.2, -0.15) is 0 Å². The van der Waals surface area contributed by atoms with E-state index in [0.717, 1.165) is 18.3 Å². The number of rotatable bonds is 5. The third-order valence-corrected chi connectivity index (χ3v) is 4.90. The summed E-state index contributed by atoms with van der Waals surface area (Å²) >= 11 is 0. The summed E-state index contributed by atoms with van der Waals surface area (Å²) in [6.45, 7) is 28.4. The average molecular weight is 379 g/mol. The van der Waals surface area contributed by atoms with Crippen molar-refractivity contribution in [1.29, 1.82) is 0 Å². The van der Waals surface area contributed by atoms with E-state index in [1.54, 1.807) is 6.92 Å². The van der Waals surface area contributed by atoms with E-state index in [0.29, 0.717) is 17.8 Å². The van der Waals surface area contributed by atoms with Gasteiger partial charge in [0.25, 0.3) is 0 Å². The van der Waals surface area contributed by atoms with Crippen molar-refractivity contribution in [2.45, 2.75) is 121 Å². The van der Waals surface area contributed by atoms with Crippen molar-refractivity contribution in [3.8, 4) is 0 Å². The number of hydrogen-bond acceptors (Lipinski definition) is 3. The molecule has 2 atom stereocenters. The molecule has 0 spiro atoms. The molecule has 2 unspecified atom stereocenters. The van der Waals surface area contributed by atoms with Crippen LogP contribution in [0.1, 0.15) is 103 Å². The molecule has 0 aliphatic carbocycles. The Hall–Kier alpha value is -0.120. The van der Waals surface area contributed by atoms with Crippen LogP contribution >= 0.6 is 0 Å². The zero-order valence-corrected chi connectivity index (χ0v) is 20.6. The van der Waals surface area contributed by atoms with Crippen LogP contribution in [0.2, 0.25) is 0 Å². The Morgan fingerprint density at radius 1 is 0.615 bits per heavy atom. The lowest BCUT2D eigenvalue weighted by Crippen LogP contribution is -2.25. The second-order valence-electron chi connectivity index (χ2n) is 9.50. The van der Waals surface area contributed by atoms with Gasteiger partial charge in [-0.15, -0.1) is 0 Å². The lowest BCUT2D eigenvalue weighted by molar-refractivity contribution is 0.0327. The SMILES string of the molecule is CC(C)C(C)(C)O.CC(C)C(C)C.CC(C)C(C)O.CCC(O)C(C)C. The van der Waals surface area contributed by atoms with Crippen LogP contribution < -0.4 is 0 Å². The van der Waals surface area contributed by atoms with Gasteiger partial charge in [0.05, 0.1) is 17.8 Å². The zero-order valence-electron chi connectivity index (χ0n) is 20.6. The molecule has 26 heavy (non-hydrogen) atoms. The summed E-state index contributed by atoms with van der Waals surface area (Å²) in [4.78, 5) is 0. The first-order valence-corrected chi connectivity index (χ1v) is 10.5. The molecule has 0 radical (unpaired) electrons. The minimum Gasteiger partial charge on any atom is -0.393 e. The number of hydrogen-bond donors (Lipinski definition) is 3. The second-order valence-corrected chi connectivity index (χ2v) is 9.50. The minimum absolute atomic E-state index is 0.0972. The lowest BCUT2D eigenvalue weighted by atomic mass is 9.95. The van der Waals surface area contributed by atoms with Crippen LogP contribution in [0.5, 0.6) is 0 Å². The van der Waals surface area contributed by atoms with Crippen LogP contribution in [0.25, 0.3) is 0 Å². The molecule has 0 aliphatic rings. The van der Waals surface area contributed by atoms with Gasteiger partial charge in [0, 0.05) is 0 Å². The van der Waals surface area contributed by atoms with Crippen LogP contribution in [0.4, 0.5) is 0 Å². The van der Waals surface area contributed by atoms with E-state index in [2.05, 4.69) is 27.7 Å². The molecule has 0 fully saturated rings. The zero-order chi connectivity index (χ0) is 22.2. The first kappa shape index (κ1) is 33.5. The van der Waals surface area contributed by atoms with E-state index in [1.165, 1.54) is 0 Å². The third-order valence-electron chi connectivity index (χ3n) is 4.90. The Kier molecular flexibility index (Phi) is 23.5. The smallest absolute Gasteiger partial charge is 0.0614 e. The molecule has 0 aromatic heterocycles. The van der Waals surface area contributed by atoms with E-state index < -0.39 is 5.60 Å². The van der Waals surface area contributed by atoms with Gasteiger partial charge in [0.15, 0.2) is 0 Å². The molecule has 0 saturated carbocycles. The molecule has 0 saturated heterocycles. The highest BCUT2D eigenvalue weighted by molar-refractivity contribution is 4.68. The van der Waals surface area contributed by atoms with Crippen LogP contribution in [-0.2, 0) is 0 Å². The van der Waals surface area contributed by atoms with E-state index in [-0.39, 0.29) is 12.2 Å². The quantitative estimate of drug-likeness (QED) is 0.538. The molecule has 0 heterocycles. The standard InChI is InChI=1S/2C6H14O.C6H14.C5H12O/c1-5(2)6(3,4)7;1-4-6(7)5(2)3;1-5(2)6(3)4;1-4(2)5(3)6/h5,7H,1-4H3;5-7H,4H2,1-3H3;5-6H,1-4H3;4-6H,1-3H3. The molecule has 3 nitrogen and oxygen atoms in total. The molecule has 3 heteroatoms. The molecule has 164 valence electrons. The van der Waals surface area contributed by atoms with Crippen molar-refractivity contribution in [2.75, 3.05) is 0 Å². The van der Waals surface area contributed by atoms with Crippen molar-refractivity contribution < 1.29 is 15.3 Å². The maximum Gasteiger partial charge on any atom is 0.0614 e. The van der Waals surface area contributed by atoms with E-state index in [4.69, 9.17) is 15.3 Å². The maximum atomic E-state index is 9.09. The van der Waals surface area contributed by atoms with Gasteiger partial charge in [-0.3, -0.25) is 0 Å². The summed E-state index contributed by atoms with van der Waals surface area (Å²) in [5.41, 5.74) is -0.500. The predicted octanol–water partition coefficient (Wildman–Crippen LogP) is 6.15. The van der Waals surface area contributed by atoms with Gasteiger partial charge in [-0.1, -0.05) is 76.2 Å². The van der Waals surface area contributed by atoms with Gasteiger partial charge in [-0.05, 0) is 56.8 Å². The van der Waals surface area contributed by atoms with Gasteiger partial charge >= 0.3 is 0 Å². The predicted molar refractivity (Wildman–Crippen MR) is 118 cm³/mol. The summed E-state index contributed by atoms with van der Waals surface area (Å²) < 4.78 is 0. The highest BCUT2D eigenvalue weighted by Gasteiger charge is 2.16. The Morgan fingerprint density at radius 2 is 0.846 bits per heavy atom. The van der Waals surface area contributed by atoms with Gasteiger partial charge < -0.3 is 15.3 Å². The fraction of sp³-hybridized carbons (Fsp3) is 1.00. The lowest BCUT2D eigenvalue weighted by Gasteiger charge is -2.21. The molecule has 0 aromatic carbocycles. The average Bonchev–Trinajstić information content (AvgIpc) is 2.46. The summed E-state index contributed by atoms with van der Waals surface area (Å²) in [5.74, 6) is 2.89. The van der Waals surface area contributed by atoms with E-state index in [1.807, 2.05) is 62.3 Å². The van der Waals surface area contributed by atoms with Crippen LogP contribution in [-0.4, -0.2) is 33.1 Å². The summed E-state index contributed by atoms with van der Waals surface area (Å²) in [6, 6.07) is 0. The topological polar surface area (TPSA) is 60.7 Å². The van der Waals surface area contributed by atoms with Gasteiger partial charge in [0.1, 0.15) is 0 Å². The van der Waals surface area contributed by atoms with Crippen molar-refractivity contribution >= 4 is 0 Å². The van der Waals surface area contributed by atoms with Crippen molar-refractivity contribution in [3.63, 3.8) is 0 Å². The first-order chi connectivity index (χ1) is 11.4. The molecule has 0 aliphatic heterocycles. The summed E-state index contributed by atoms with van der Waals surface area (Å²) in [7, 11) is 0. The van der Waals surface area contributed by atoms with Gasteiger partial charge in [-0.25, -0.2) is 0 Å². The summed E-state index contributed by atoms with van der Waals surface area (Å²) in [6.07, 6.45) is 0.627. The van der Waals surface area contributed by atoms with Crippen LogP contribution in [0.3, 0.4) is 0 Å². The van der Waals surface area contributed by atoms with Gasteiger partial charge in [0.2, 0.25) is 0 Å². The highest BCUT2D eigenvalue weighted by atomic mass is 16.3. The molecule has 3 N–H and O–H groups in total. The third kappa shape index (κ3) is 31.6. The highest BCUT2D eigenvalue weighted by Crippen LogP contribution is 2.13. The normalized spacial score (nSPS) is 13.6. The molecule has 0 rings (SSSR count). The first-order valence-electron chi connectivity index (χ1n) is 10.5. The second kappa shape index (κ2) is 18.3. The molecule has 0 aromatic rings. The maximum absolute atomic E-state index is 9.09. The van der Waals surface area contributed by atoms with Crippen LogP contribution in [0.15, 0.2) is 0 Å². The molecular weight excluding hydrogens is 324 g/mol. The van der Waals surface area contributed by atoms with Crippen molar-refractivity contribution in [3.05, 3.63) is 0 Å². The Labute approximate surface area is 166 Å².